The van der Waals surface area contributed by atoms with Crippen LogP contribution in [0.3, 0.4) is 0 Å². The Morgan fingerprint density at radius 2 is 2.38 bits per heavy atom. The first-order valence-corrected chi connectivity index (χ1v) is 5.92. The summed E-state index contributed by atoms with van der Waals surface area (Å²) < 4.78 is 5.21. The van der Waals surface area contributed by atoms with Crippen molar-refractivity contribution in [2.45, 2.75) is 32.2 Å². The largest absolute Gasteiger partial charge is 0.396 e. The SMILES string of the molecule is CCCCOCC(=O)N[C@@H]1C=C[C@H](CO)C1. The molecule has 0 saturated carbocycles. The minimum Gasteiger partial charge on any atom is -0.396 e. The monoisotopic (exact) mass is 227 g/mol. The maximum absolute atomic E-state index is 11.4. The Balaban J connectivity index is 2.09. The Kier molecular flexibility index (Phi) is 6.11. The van der Waals surface area contributed by atoms with E-state index in [4.69, 9.17) is 9.84 Å². The Labute approximate surface area is 96.7 Å². The van der Waals surface area contributed by atoms with Crippen molar-refractivity contribution < 1.29 is 14.6 Å². The molecule has 1 amide bonds. The molecule has 0 radical (unpaired) electrons. The lowest BCUT2D eigenvalue weighted by Gasteiger charge is -2.12. The molecule has 0 aromatic carbocycles. The number of ether oxygens (including phenoxy) is 1. The van der Waals surface area contributed by atoms with Crippen molar-refractivity contribution in [3.63, 3.8) is 0 Å². The highest BCUT2D eigenvalue weighted by atomic mass is 16.5. The summed E-state index contributed by atoms with van der Waals surface area (Å²) in [6.45, 7) is 3.01. The average molecular weight is 227 g/mol. The summed E-state index contributed by atoms with van der Waals surface area (Å²) in [5, 5.41) is 11.8. The lowest BCUT2D eigenvalue weighted by Crippen LogP contribution is -2.35. The van der Waals surface area contributed by atoms with Gasteiger partial charge in [0, 0.05) is 25.2 Å². The van der Waals surface area contributed by atoms with Crippen LogP contribution in [0.25, 0.3) is 0 Å². The third-order valence-electron chi connectivity index (χ3n) is 2.63. The van der Waals surface area contributed by atoms with Crippen LogP contribution in [0.15, 0.2) is 12.2 Å². The summed E-state index contributed by atoms with van der Waals surface area (Å²) in [4.78, 5) is 11.4. The van der Waals surface area contributed by atoms with Gasteiger partial charge in [-0.05, 0) is 12.8 Å². The summed E-state index contributed by atoms with van der Waals surface area (Å²) in [5.74, 6) is 0.107. The van der Waals surface area contributed by atoms with Crippen molar-refractivity contribution in [1.29, 1.82) is 0 Å². The molecule has 1 aliphatic carbocycles. The number of carbonyl (C=O) groups excluding carboxylic acids is 1. The van der Waals surface area contributed by atoms with Crippen LogP contribution in [-0.2, 0) is 9.53 Å². The minimum absolute atomic E-state index is 0.0550. The van der Waals surface area contributed by atoms with E-state index in [0.29, 0.717) is 6.61 Å². The smallest absolute Gasteiger partial charge is 0.246 e. The van der Waals surface area contributed by atoms with E-state index in [9.17, 15) is 4.79 Å². The van der Waals surface area contributed by atoms with Gasteiger partial charge in [0.2, 0.25) is 5.91 Å². The first-order chi connectivity index (χ1) is 7.76. The van der Waals surface area contributed by atoms with E-state index >= 15 is 0 Å². The molecule has 0 saturated heterocycles. The summed E-state index contributed by atoms with van der Waals surface area (Å²) in [6.07, 6.45) is 6.74. The predicted molar refractivity (Wildman–Crippen MR) is 62.0 cm³/mol. The molecule has 92 valence electrons. The van der Waals surface area contributed by atoms with Gasteiger partial charge in [0.25, 0.3) is 0 Å². The molecule has 2 atom stereocenters. The molecule has 4 heteroatoms. The number of unbranched alkanes of at least 4 members (excludes halogenated alkanes) is 1. The number of aliphatic hydroxyl groups is 1. The van der Waals surface area contributed by atoms with E-state index in [1.807, 2.05) is 12.2 Å². The standard InChI is InChI=1S/C12H21NO3/c1-2-3-6-16-9-12(15)13-11-5-4-10(7-11)8-14/h4-5,10-11,14H,2-3,6-9H2,1H3,(H,13,15)/t10-,11+/m0/s1. The van der Waals surface area contributed by atoms with E-state index in [2.05, 4.69) is 12.2 Å². The Morgan fingerprint density at radius 1 is 1.56 bits per heavy atom. The topological polar surface area (TPSA) is 58.6 Å². The Hall–Kier alpha value is -0.870. The molecule has 0 unspecified atom stereocenters. The van der Waals surface area contributed by atoms with Gasteiger partial charge in [0.15, 0.2) is 0 Å². The predicted octanol–water partition coefficient (Wildman–Crippen LogP) is 0.856. The summed E-state index contributed by atoms with van der Waals surface area (Å²) in [5.41, 5.74) is 0. The van der Waals surface area contributed by atoms with E-state index in [1.54, 1.807) is 0 Å². The fraction of sp³-hybridized carbons (Fsp3) is 0.750. The first-order valence-electron chi connectivity index (χ1n) is 5.92. The van der Waals surface area contributed by atoms with Crippen LogP contribution in [0, 0.1) is 5.92 Å². The van der Waals surface area contributed by atoms with E-state index in [0.717, 1.165) is 19.3 Å². The molecule has 0 aromatic heterocycles. The minimum atomic E-state index is -0.0793. The Morgan fingerprint density at radius 3 is 3.00 bits per heavy atom. The highest BCUT2D eigenvalue weighted by Crippen LogP contribution is 2.16. The normalized spacial score (nSPS) is 23.6. The second-order valence-corrected chi connectivity index (χ2v) is 4.14. The van der Waals surface area contributed by atoms with Gasteiger partial charge in [0.05, 0.1) is 0 Å². The molecule has 2 N–H and O–H groups in total. The van der Waals surface area contributed by atoms with Gasteiger partial charge < -0.3 is 15.2 Å². The molecule has 0 aliphatic heterocycles. The van der Waals surface area contributed by atoms with Crippen molar-refractivity contribution in [3.05, 3.63) is 12.2 Å². The van der Waals surface area contributed by atoms with E-state index in [-0.39, 0.29) is 31.1 Å². The second kappa shape index (κ2) is 7.41. The summed E-state index contributed by atoms with van der Waals surface area (Å²) >= 11 is 0. The van der Waals surface area contributed by atoms with Gasteiger partial charge in [-0.25, -0.2) is 0 Å². The van der Waals surface area contributed by atoms with Crippen molar-refractivity contribution >= 4 is 5.91 Å². The lowest BCUT2D eigenvalue weighted by molar-refractivity contribution is -0.126. The van der Waals surface area contributed by atoms with Crippen LogP contribution in [-0.4, -0.2) is 36.9 Å². The Bertz CT molecular complexity index is 240. The number of carbonyl (C=O) groups is 1. The molecular weight excluding hydrogens is 206 g/mol. The quantitative estimate of drug-likeness (QED) is 0.501. The van der Waals surface area contributed by atoms with Gasteiger partial charge in [-0.15, -0.1) is 0 Å². The van der Waals surface area contributed by atoms with Crippen molar-refractivity contribution in [1.82, 2.24) is 5.32 Å². The van der Waals surface area contributed by atoms with Crippen LogP contribution in [0.4, 0.5) is 0 Å². The number of amides is 1. The number of aliphatic hydroxyl groups excluding tert-OH is 1. The van der Waals surface area contributed by atoms with E-state index in [1.165, 1.54) is 0 Å². The summed E-state index contributed by atoms with van der Waals surface area (Å²) in [6, 6.07) is 0.0550. The fourth-order valence-electron chi connectivity index (χ4n) is 1.68. The van der Waals surface area contributed by atoms with Gasteiger partial charge in [-0.3, -0.25) is 4.79 Å². The zero-order chi connectivity index (χ0) is 11.8. The fourth-order valence-corrected chi connectivity index (χ4v) is 1.68. The number of hydrogen-bond donors (Lipinski definition) is 2. The van der Waals surface area contributed by atoms with Crippen molar-refractivity contribution in [2.75, 3.05) is 19.8 Å². The third kappa shape index (κ3) is 4.77. The first kappa shape index (κ1) is 13.2. The maximum Gasteiger partial charge on any atom is 0.246 e. The van der Waals surface area contributed by atoms with Gasteiger partial charge in [-0.1, -0.05) is 25.5 Å². The van der Waals surface area contributed by atoms with Crippen LogP contribution in [0.1, 0.15) is 26.2 Å². The van der Waals surface area contributed by atoms with Gasteiger partial charge >= 0.3 is 0 Å². The van der Waals surface area contributed by atoms with Crippen molar-refractivity contribution in [3.8, 4) is 0 Å². The molecule has 0 aromatic rings. The molecule has 4 nitrogen and oxygen atoms in total. The molecule has 0 spiro atoms. The molecule has 0 fully saturated rings. The molecule has 1 rings (SSSR count). The highest BCUT2D eigenvalue weighted by Gasteiger charge is 2.19. The maximum atomic E-state index is 11.4. The van der Waals surface area contributed by atoms with Crippen LogP contribution < -0.4 is 5.32 Å². The molecule has 0 heterocycles. The van der Waals surface area contributed by atoms with Crippen molar-refractivity contribution in [2.24, 2.45) is 5.92 Å². The van der Waals surface area contributed by atoms with E-state index < -0.39 is 0 Å². The molecule has 16 heavy (non-hydrogen) atoms. The highest BCUT2D eigenvalue weighted by molar-refractivity contribution is 5.77. The molecule has 0 bridgehead atoms. The second-order valence-electron chi connectivity index (χ2n) is 4.14. The van der Waals surface area contributed by atoms with Gasteiger partial charge in [0.1, 0.15) is 6.61 Å². The van der Waals surface area contributed by atoms with Gasteiger partial charge in [-0.2, -0.15) is 0 Å². The average Bonchev–Trinajstić information content (AvgIpc) is 2.72. The number of rotatable bonds is 7. The third-order valence-corrected chi connectivity index (χ3v) is 2.63. The molecular formula is C12H21NO3. The zero-order valence-electron chi connectivity index (χ0n) is 9.82. The number of hydrogen-bond acceptors (Lipinski definition) is 3. The van der Waals surface area contributed by atoms with Crippen LogP contribution in [0.2, 0.25) is 0 Å². The summed E-state index contributed by atoms with van der Waals surface area (Å²) in [7, 11) is 0. The van der Waals surface area contributed by atoms with Crippen LogP contribution in [0.5, 0.6) is 0 Å². The zero-order valence-corrected chi connectivity index (χ0v) is 9.82. The lowest BCUT2D eigenvalue weighted by atomic mass is 10.1. The van der Waals surface area contributed by atoms with Crippen LogP contribution >= 0.6 is 0 Å². The molecule has 1 aliphatic rings. The number of nitrogens with one attached hydrogen (secondary N) is 1.